The Kier molecular flexibility index (Phi) is 6.73. The average molecular weight is 618 g/mol. The van der Waals surface area contributed by atoms with E-state index in [0.29, 0.717) is 0 Å². The Labute approximate surface area is 206 Å². The molecule has 1 aliphatic carbocycles. The van der Waals surface area contributed by atoms with Crippen LogP contribution < -0.4 is 0 Å². The molecule has 171 valence electrons. The number of hydrogen-bond donors (Lipinski definition) is 2. The number of rotatable bonds is 1. The summed E-state index contributed by atoms with van der Waals surface area (Å²) in [6.45, 7) is 9.19. The van der Waals surface area contributed by atoms with Gasteiger partial charge in [0.25, 0.3) is 0 Å². The summed E-state index contributed by atoms with van der Waals surface area (Å²) in [7, 11) is 0. The SMILES string of the molecule is CC(=O)/C(O)=C(/C)O.Cc1cc2c3c(nccc3c1)-c1[c-]cc3ccncc3c1C2(C)C.[Ir]. The summed E-state index contributed by atoms with van der Waals surface area (Å²) >= 11 is 0. The number of fused-ring (bicyclic) bond motifs is 4. The number of pyridine rings is 2. The quantitative estimate of drug-likeness (QED) is 0.153. The largest absolute Gasteiger partial charge is 0.509 e. The van der Waals surface area contributed by atoms with Crippen LogP contribution >= 0.6 is 0 Å². The van der Waals surface area contributed by atoms with Crippen molar-refractivity contribution in [3.63, 3.8) is 0 Å². The third-order valence-corrected chi connectivity index (χ3v) is 5.97. The van der Waals surface area contributed by atoms with Crippen LogP contribution in [0.15, 0.2) is 60.4 Å². The summed E-state index contributed by atoms with van der Waals surface area (Å²) in [6.07, 6.45) is 5.73. The molecule has 2 N–H and O–H groups in total. The van der Waals surface area contributed by atoms with E-state index in [2.05, 4.69) is 62.2 Å². The van der Waals surface area contributed by atoms with Crippen LogP contribution in [0.2, 0.25) is 0 Å². The Morgan fingerprint density at radius 2 is 1.76 bits per heavy atom. The van der Waals surface area contributed by atoms with Gasteiger partial charge in [-0.15, -0.1) is 23.3 Å². The molecule has 2 aromatic carbocycles. The number of Topliss-reactive ketones (excluding diaryl/α,β-unsaturated/α-hetero) is 1. The van der Waals surface area contributed by atoms with Crippen LogP contribution in [0.5, 0.6) is 0 Å². The van der Waals surface area contributed by atoms with Crippen LogP contribution in [0.25, 0.3) is 32.8 Å². The van der Waals surface area contributed by atoms with Crippen LogP contribution in [0.4, 0.5) is 0 Å². The third-order valence-electron chi connectivity index (χ3n) is 5.97. The van der Waals surface area contributed by atoms with Gasteiger partial charge in [-0.1, -0.05) is 48.4 Å². The fourth-order valence-electron chi connectivity index (χ4n) is 4.47. The zero-order valence-corrected chi connectivity index (χ0v) is 21.5. The van der Waals surface area contributed by atoms with Gasteiger partial charge in [0, 0.05) is 45.6 Å². The summed E-state index contributed by atoms with van der Waals surface area (Å²) in [5.74, 6) is -1.42. The molecule has 0 amide bonds. The maximum Gasteiger partial charge on any atom is 0.197 e. The van der Waals surface area contributed by atoms with Gasteiger partial charge >= 0.3 is 0 Å². The summed E-state index contributed by atoms with van der Waals surface area (Å²) < 4.78 is 0. The van der Waals surface area contributed by atoms with Gasteiger partial charge in [-0.05, 0) is 47.4 Å². The van der Waals surface area contributed by atoms with E-state index in [4.69, 9.17) is 15.2 Å². The molecule has 0 aliphatic heterocycles. The molecule has 33 heavy (non-hydrogen) atoms. The first-order valence-corrected chi connectivity index (χ1v) is 10.4. The van der Waals surface area contributed by atoms with E-state index in [0.717, 1.165) is 11.3 Å². The van der Waals surface area contributed by atoms with E-state index in [-0.39, 0.29) is 31.3 Å². The maximum atomic E-state index is 10.1. The molecule has 0 fully saturated rings. The number of nitrogens with zero attached hydrogens (tertiary/aromatic N) is 2. The van der Waals surface area contributed by atoms with Crippen LogP contribution in [0, 0.1) is 13.0 Å². The van der Waals surface area contributed by atoms with E-state index in [1.807, 2.05) is 18.6 Å². The van der Waals surface area contributed by atoms with Crippen molar-refractivity contribution in [2.24, 2.45) is 0 Å². The van der Waals surface area contributed by atoms with Gasteiger partial charge in [0.05, 0.1) is 0 Å². The Balaban J connectivity index is 0.000000297. The van der Waals surface area contributed by atoms with Crippen LogP contribution in [0.3, 0.4) is 0 Å². The Morgan fingerprint density at radius 1 is 1.06 bits per heavy atom. The van der Waals surface area contributed by atoms with E-state index < -0.39 is 11.5 Å². The number of carbonyl (C=O) groups is 1. The molecule has 2 aromatic heterocycles. The number of aliphatic hydroxyl groups is 2. The molecule has 0 bridgehead atoms. The molecule has 4 aromatic rings. The average Bonchev–Trinajstić information content (AvgIpc) is 2.76. The molecule has 5 nitrogen and oxygen atoms in total. The van der Waals surface area contributed by atoms with Crippen LogP contribution in [-0.4, -0.2) is 26.0 Å². The summed E-state index contributed by atoms with van der Waals surface area (Å²) in [5, 5.41) is 21.8. The number of aryl methyl sites for hydroxylation is 1. The van der Waals surface area contributed by atoms with Gasteiger partial charge in [0.15, 0.2) is 11.5 Å². The van der Waals surface area contributed by atoms with Crippen molar-refractivity contribution < 1.29 is 35.1 Å². The van der Waals surface area contributed by atoms with Crippen molar-refractivity contribution in [1.29, 1.82) is 0 Å². The van der Waals surface area contributed by atoms with Gasteiger partial charge < -0.3 is 15.2 Å². The minimum Gasteiger partial charge on any atom is -0.509 e. The van der Waals surface area contributed by atoms with E-state index in [9.17, 15) is 4.79 Å². The van der Waals surface area contributed by atoms with Crippen molar-refractivity contribution in [2.75, 3.05) is 0 Å². The number of aliphatic hydroxyl groups excluding tert-OH is 2. The predicted molar refractivity (Wildman–Crippen MR) is 127 cm³/mol. The fraction of sp³-hybridized carbons (Fsp3) is 0.222. The van der Waals surface area contributed by atoms with E-state index in [1.165, 1.54) is 52.1 Å². The third kappa shape index (κ3) is 4.17. The smallest absolute Gasteiger partial charge is 0.197 e. The number of ketones is 1. The first-order chi connectivity index (χ1) is 15.1. The van der Waals surface area contributed by atoms with Crippen LogP contribution in [-0.2, 0) is 30.3 Å². The Morgan fingerprint density at radius 3 is 2.39 bits per heavy atom. The summed E-state index contributed by atoms with van der Waals surface area (Å²) in [5.41, 5.74) is 5.96. The molecule has 0 unspecified atom stereocenters. The van der Waals surface area contributed by atoms with Crippen molar-refractivity contribution in [3.05, 3.63) is 83.2 Å². The van der Waals surface area contributed by atoms with Gasteiger partial charge in [-0.25, -0.2) is 0 Å². The standard InChI is InChI=1S/C22H17N2.C5H8O3.Ir/c1-13-10-15-7-9-24-21-16-5-4-14-6-8-23-12-17(14)20(16)22(2,3)18(11-13)19(15)21;1-3(6)5(8)4(2)7;/h4,6-12H,1-3H3;6,8H,1-2H3;/q-1;;/b;5-3+;. The molecule has 0 saturated heterocycles. The second kappa shape index (κ2) is 9.05. The Bertz CT molecular complexity index is 1420. The first kappa shape index (κ1) is 24.6. The van der Waals surface area contributed by atoms with Gasteiger partial charge in [-0.2, -0.15) is 0 Å². The predicted octanol–water partition coefficient (Wildman–Crippen LogP) is 6.12. The van der Waals surface area contributed by atoms with Gasteiger partial charge in [-0.3, -0.25) is 9.78 Å². The summed E-state index contributed by atoms with van der Waals surface area (Å²) in [4.78, 5) is 19.2. The number of allylic oxidation sites excluding steroid dienone is 2. The normalized spacial score (nSPS) is 13.8. The molecule has 1 aliphatic rings. The zero-order valence-electron chi connectivity index (χ0n) is 19.1. The molecule has 0 saturated carbocycles. The molecule has 0 spiro atoms. The van der Waals surface area contributed by atoms with Gasteiger partial charge in [0.2, 0.25) is 0 Å². The summed E-state index contributed by atoms with van der Waals surface area (Å²) in [6, 6.07) is 14.3. The maximum absolute atomic E-state index is 10.1. The zero-order chi connectivity index (χ0) is 23.2. The first-order valence-electron chi connectivity index (χ1n) is 10.4. The molecule has 5 rings (SSSR count). The number of carbonyl (C=O) groups excluding carboxylic acids is 1. The molecule has 6 heteroatoms. The second-order valence-corrected chi connectivity index (χ2v) is 8.69. The topological polar surface area (TPSA) is 83.3 Å². The molecule has 1 radical (unpaired) electrons. The molecular formula is C27H25IrN2O3-. The number of hydrogen-bond acceptors (Lipinski definition) is 5. The second-order valence-electron chi connectivity index (χ2n) is 8.69. The van der Waals surface area contributed by atoms with Crippen molar-refractivity contribution in [1.82, 2.24) is 9.97 Å². The van der Waals surface area contributed by atoms with Gasteiger partial charge in [0.1, 0.15) is 5.76 Å². The minimum atomic E-state index is -0.565. The molecule has 0 atom stereocenters. The number of benzene rings is 2. The van der Waals surface area contributed by atoms with Crippen molar-refractivity contribution in [2.45, 2.75) is 40.0 Å². The Hall–Kier alpha value is -3.08. The van der Waals surface area contributed by atoms with Crippen molar-refractivity contribution in [3.8, 4) is 11.3 Å². The molecular weight excluding hydrogens is 593 g/mol. The van der Waals surface area contributed by atoms with Crippen molar-refractivity contribution >= 4 is 27.3 Å². The minimum absolute atomic E-state index is 0. The monoisotopic (exact) mass is 618 g/mol. The van der Waals surface area contributed by atoms with E-state index >= 15 is 0 Å². The fourth-order valence-corrected chi connectivity index (χ4v) is 4.47. The number of aromatic nitrogens is 2. The van der Waals surface area contributed by atoms with E-state index in [1.54, 1.807) is 0 Å². The van der Waals surface area contributed by atoms with Crippen LogP contribution in [0.1, 0.15) is 44.4 Å². The molecule has 2 heterocycles.